The first kappa shape index (κ1) is 21.2. The summed E-state index contributed by atoms with van der Waals surface area (Å²) < 4.78 is 15.8. The summed E-state index contributed by atoms with van der Waals surface area (Å²) in [5.74, 6) is -1.99. The Morgan fingerprint density at radius 2 is 1.80 bits per heavy atom. The van der Waals surface area contributed by atoms with E-state index in [1.807, 2.05) is 0 Å². The number of anilines is 2. The normalized spacial score (nSPS) is 12.6. The number of aryl methyl sites for hydroxylation is 1. The van der Waals surface area contributed by atoms with Crippen molar-refractivity contribution < 1.29 is 33.4 Å². The smallest absolute Gasteiger partial charge is 0.300 e. The number of aromatic nitrogens is 1. The number of hydrogen-bond acceptors (Lipinski definition) is 9. The Labute approximate surface area is 175 Å². The first-order valence-electron chi connectivity index (χ1n) is 8.70. The molecule has 1 aliphatic rings. The average molecular weight is 433 g/mol. The van der Waals surface area contributed by atoms with Crippen LogP contribution in [-0.2, 0) is 9.59 Å². The van der Waals surface area contributed by atoms with Gasteiger partial charge in [0.2, 0.25) is 11.7 Å². The molecule has 0 saturated heterocycles. The average Bonchev–Trinajstić information content (AvgIpc) is 3.18. The zero-order valence-corrected chi connectivity index (χ0v) is 17.8. The largest absolute Gasteiger partial charge is 0.493 e. The van der Waals surface area contributed by atoms with Crippen molar-refractivity contribution in [1.82, 2.24) is 4.98 Å². The van der Waals surface area contributed by atoms with Gasteiger partial charge >= 0.3 is 0 Å². The lowest BCUT2D eigenvalue weighted by Gasteiger charge is -2.19. The van der Waals surface area contributed by atoms with Crippen LogP contribution in [0.3, 0.4) is 0 Å². The minimum Gasteiger partial charge on any atom is -0.493 e. The molecule has 2 aromatic rings. The molecule has 0 saturated carbocycles. The summed E-state index contributed by atoms with van der Waals surface area (Å²) in [5.41, 5.74) is 0.674. The van der Waals surface area contributed by atoms with E-state index in [9.17, 15) is 19.2 Å². The van der Waals surface area contributed by atoms with Gasteiger partial charge in [-0.25, -0.2) is 4.98 Å². The van der Waals surface area contributed by atoms with Gasteiger partial charge in [-0.2, -0.15) is 0 Å². The molecule has 2 heterocycles. The number of amides is 2. The molecular formula is C19H19N3O7S. The quantitative estimate of drug-likeness (QED) is 0.518. The van der Waals surface area contributed by atoms with Gasteiger partial charge in [-0.1, -0.05) is 11.3 Å². The van der Waals surface area contributed by atoms with E-state index in [0.29, 0.717) is 10.6 Å². The molecule has 1 aromatic heterocycles. The number of ether oxygens (including phenoxy) is 3. The third kappa shape index (κ3) is 3.47. The Kier molecular flexibility index (Phi) is 5.74. The number of rotatable bonds is 7. The van der Waals surface area contributed by atoms with E-state index in [0.717, 1.165) is 16.2 Å². The Bertz CT molecular complexity index is 1080. The van der Waals surface area contributed by atoms with Crippen LogP contribution in [0, 0.1) is 6.92 Å². The number of methoxy groups -OCH3 is 3. The van der Waals surface area contributed by atoms with Crippen molar-refractivity contribution in [2.24, 2.45) is 0 Å². The third-order valence-corrected chi connectivity index (χ3v) is 5.60. The standard InChI is InChI=1S/C19H19N3O7S/c1-8-17(9(2)23)30-19(20-8)21-12(24)7-22-10-6-11(27-3)15(28-4)16(29-5)13(10)14(25)18(22)26/h6H,7H2,1-5H3,(H,20,21,24). The summed E-state index contributed by atoms with van der Waals surface area (Å²) in [5, 5.41) is 2.78. The number of ketones is 2. The number of nitrogens with one attached hydrogen (secondary N) is 1. The van der Waals surface area contributed by atoms with Crippen molar-refractivity contribution >= 4 is 45.5 Å². The van der Waals surface area contributed by atoms with Gasteiger partial charge in [-0.3, -0.25) is 24.1 Å². The fourth-order valence-electron chi connectivity index (χ4n) is 3.15. The van der Waals surface area contributed by atoms with Gasteiger partial charge in [-0.05, 0) is 6.92 Å². The topological polar surface area (TPSA) is 124 Å². The predicted molar refractivity (Wildman–Crippen MR) is 108 cm³/mol. The lowest BCUT2D eigenvalue weighted by atomic mass is 10.1. The highest BCUT2D eigenvalue weighted by Gasteiger charge is 2.42. The molecule has 0 radical (unpaired) electrons. The van der Waals surface area contributed by atoms with Crippen molar-refractivity contribution in [1.29, 1.82) is 0 Å². The Balaban J connectivity index is 1.92. The molecule has 30 heavy (non-hydrogen) atoms. The van der Waals surface area contributed by atoms with E-state index in [2.05, 4.69) is 10.3 Å². The molecule has 1 aliphatic heterocycles. The lowest BCUT2D eigenvalue weighted by Crippen LogP contribution is -2.37. The molecule has 11 heteroatoms. The van der Waals surface area contributed by atoms with Crippen LogP contribution in [0.2, 0.25) is 0 Å². The number of carbonyl (C=O) groups excluding carboxylic acids is 4. The van der Waals surface area contributed by atoms with Crippen molar-refractivity contribution in [2.75, 3.05) is 38.1 Å². The predicted octanol–water partition coefficient (Wildman–Crippen LogP) is 1.85. The van der Waals surface area contributed by atoms with E-state index < -0.39 is 24.1 Å². The first-order chi connectivity index (χ1) is 14.2. The van der Waals surface area contributed by atoms with Gasteiger partial charge in [0.05, 0.1) is 43.2 Å². The molecule has 0 atom stereocenters. The second kappa shape index (κ2) is 8.11. The van der Waals surface area contributed by atoms with E-state index in [4.69, 9.17) is 14.2 Å². The molecule has 0 unspecified atom stereocenters. The number of hydrogen-bond donors (Lipinski definition) is 1. The van der Waals surface area contributed by atoms with Gasteiger partial charge in [-0.15, -0.1) is 0 Å². The summed E-state index contributed by atoms with van der Waals surface area (Å²) in [6.45, 7) is 2.63. The summed E-state index contributed by atoms with van der Waals surface area (Å²) >= 11 is 1.04. The van der Waals surface area contributed by atoms with E-state index in [1.54, 1.807) is 6.92 Å². The number of carbonyl (C=O) groups is 4. The van der Waals surface area contributed by atoms with Gasteiger partial charge in [0.15, 0.2) is 22.4 Å². The van der Waals surface area contributed by atoms with Crippen LogP contribution in [0.4, 0.5) is 10.8 Å². The summed E-state index contributed by atoms with van der Waals surface area (Å²) in [7, 11) is 4.11. The van der Waals surface area contributed by atoms with E-state index >= 15 is 0 Å². The van der Waals surface area contributed by atoms with Crippen LogP contribution < -0.4 is 24.4 Å². The molecule has 1 N–H and O–H groups in total. The maximum Gasteiger partial charge on any atom is 0.300 e. The number of Topliss-reactive ketones (excluding diaryl/α,β-unsaturated/α-hetero) is 2. The van der Waals surface area contributed by atoms with Crippen LogP contribution in [-0.4, -0.2) is 56.2 Å². The Morgan fingerprint density at radius 1 is 1.13 bits per heavy atom. The van der Waals surface area contributed by atoms with Crippen LogP contribution >= 0.6 is 11.3 Å². The SMILES string of the molecule is COc1cc2c(c(OC)c1OC)C(=O)C(=O)N2CC(=O)Nc1nc(C)c(C(C)=O)s1. The van der Waals surface area contributed by atoms with Crippen molar-refractivity contribution in [3.63, 3.8) is 0 Å². The van der Waals surface area contributed by atoms with Crippen LogP contribution in [0.25, 0.3) is 0 Å². The highest BCUT2D eigenvalue weighted by Crippen LogP contribution is 2.47. The van der Waals surface area contributed by atoms with Gasteiger partial charge < -0.3 is 19.5 Å². The number of thiazole rings is 1. The minimum absolute atomic E-state index is 0.00286. The number of fused-ring (bicyclic) bond motifs is 1. The molecule has 10 nitrogen and oxygen atoms in total. The number of nitrogens with zero attached hydrogens (tertiary/aromatic N) is 2. The molecule has 0 fully saturated rings. The van der Waals surface area contributed by atoms with Gasteiger partial charge in [0.1, 0.15) is 6.54 Å². The maximum absolute atomic E-state index is 12.6. The molecule has 2 amide bonds. The molecule has 158 valence electrons. The summed E-state index contributed by atoms with van der Waals surface area (Å²) in [6, 6.07) is 1.44. The van der Waals surface area contributed by atoms with Crippen molar-refractivity contribution in [2.45, 2.75) is 13.8 Å². The third-order valence-electron chi connectivity index (χ3n) is 4.43. The zero-order valence-electron chi connectivity index (χ0n) is 16.9. The zero-order chi connectivity index (χ0) is 22.2. The van der Waals surface area contributed by atoms with Crippen molar-refractivity contribution in [3.05, 3.63) is 22.2 Å². The number of benzene rings is 1. The fraction of sp³-hybridized carbons (Fsp3) is 0.316. The molecule has 0 bridgehead atoms. The second-order valence-corrected chi connectivity index (χ2v) is 7.30. The molecule has 1 aromatic carbocycles. The first-order valence-corrected chi connectivity index (χ1v) is 9.52. The maximum atomic E-state index is 12.6. The van der Waals surface area contributed by atoms with E-state index in [-0.39, 0.29) is 39.4 Å². The van der Waals surface area contributed by atoms with E-state index in [1.165, 1.54) is 34.3 Å². The Hall–Kier alpha value is -3.47. The molecular weight excluding hydrogens is 414 g/mol. The van der Waals surface area contributed by atoms with Crippen LogP contribution in [0.5, 0.6) is 17.2 Å². The monoisotopic (exact) mass is 433 g/mol. The van der Waals surface area contributed by atoms with Crippen LogP contribution in [0.1, 0.15) is 32.6 Å². The van der Waals surface area contributed by atoms with Crippen LogP contribution in [0.15, 0.2) is 6.07 Å². The minimum atomic E-state index is -0.881. The lowest BCUT2D eigenvalue weighted by molar-refractivity contribution is -0.118. The Morgan fingerprint density at radius 3 is 2.33 bits per heavy atom. The summed E-state index contributed by atoms with van der Waals surface area (Å²) in [6.07, 6.45) is 0. The second-order valence-electron chi connectivity index (χ2n) is 6.30. The highest BCUT2D eigenvalue weighted by atomic mass is 32.1. The molecule has 0 aliphatic carbocycles. The molecule has 0 spiro atoms. The summed E-state index contributed by atoms with van der Waals surface area (Å²) in [4.78, 5) is 54.8. The van der Waals surface area contributed by atoms with Crippen molar-refractivity contribution in [3.8, 4) is 17.2 Å². The van der Waals surface area contributed by atoms with Gasteiger partial charge in [0, 0.05) is 13.0 Å². The highest BCUT2D eigenvalue weighted by molar-refractivity contribution is 7.17. The molecule has 3 rings (SSSR count). The fourth-order valence-corrected chi connectivity index (χ4v) is 4.03. The van der Waals surface area contributed by atoms with Gasteiger partial charge in [0.25, 0.3) is 11.7 Å².